The summed E-state index contributed by atoms with van der Waals surface area (Å²) in [5.74, 6) is -0.195. The second kappa shape index (κ2) is 6.29. The molecule has 1 amide bonds. The topological polar surface area (TPSA) is 70.1 Å². The standard InChI is InChI=1S/C16H14ClN3O/c1-20(10-12-4-2-11(9-18)3-5-12)16(21)14-8-13(17)6-7-15(14)19/h2-8H,10,19H2,1H3. The summed E-state index contributed by atoms with van der Waals surface area (Å²) in [4.78, 5) is 13.9. The van der Waals surface area contributed by atoms with Crippen molar-refractivity contribution in [1.82, 2.24) is 4.90 Å². The lowest BCUT2D eigenvalue weighted by atomic mass is 10.1. The highest BCUT2D eigenvalue weighted by Gasteiger charge is 2.15. The molecule has 0 radical (unpaired) electrons. The van der Waals surface area contributed by atoms with Crippen LogP contribution in [0.5, 0.6) is 0 Å². The van der Waals surface area contributed by atoms with Gasteiger partial charge in [-0.15, -0.1) is 0 Å². The summed E-state index contributed by atoms with van der Waals surface area (Å²) in [6.45, 7) is 0.427. The Morgan fingerprint density at radius 1 is 1.29 bits per heavy atom. The van der Waals surface area contributed by atoms with Crippen molar-refractivity contribution in [3.8, 4) is 6.07 Å². The van der Waals surface area contributed by atoms with Gasteiger partial charge in [0.05, 0.1) is 17.2 Å². The van der Waals surface area contributed by atoms with E-state index >= 15 is 0 Å². The monoisotopic (exact) mass is 299 g/mol. The molecule has 0 heterocycles. The van der Waals surface area contributed by atoms with Gasteiger partial charge in [0, 0.05) is 24.3 Å². The maximum atomic E-state index is 12.4. The summed E-state index contributed by atoms with van der Waals surface area (Å²) < 4.78 is 0. The SMILES string of the molecule is CN(Cc1ccc(C#N)cc1)C(=O)c1cc(Cl)ccc1N. The Labute approximate surface area is 128 Å². The van der Waals surface area contributed by atoms with Gasteiger partial charge in [-0.05, 0) is 35.9 Å². The van der Waals surface area contributed by atoms with Crippen molar-refractivity contribution in [2.24, 2.45) is 0 Å². The fourth-order valence-electron chi connectivity index (χ4n) is 1.95. The van der Waals surface area contributed by atoms with Crippen LogP contribution in [0.3, 0.4) is 0 Å². The van der Waals surface area contributed by atoms with Crippen molar-refractivity contribution in [3.05, 3.63) is 64.2 Å². The summed E-state index contributed by atoms with van der Waals surface area (Å²) in [7, 11) is 1.70. The van der Waals surface area contributed by atoms with Crippen LogP contribution in [0.4, 0.5) is 5.69 Å². The Hall–Kier alpha value is -2.51. The van der Waals surface area contributed by atoms with Crippen LogP contribution >= 0.6 is 11.6 Å². The Balaban J connectivity index is 2.15. The molecule has 21 heavy (non-hydrogen) atoms. The Bertz CT molecular complexity index is 704. The number of nitriles is 1. The van der Waals surface area contributed by atoms with Crippen molar-refractivity contribution >= 4 is 23.2 Å². The molecule has 0 saturated heterocycles. The van der Waals surface area contributed by atoms with E-state index in [1.165, 1.54) is 0 Å². The molecule has 2 aromatic carbocycles. The van der Waals surface area contributed by atoms with Crippen LogP contribution in [0.15, 0.2) is 42.5 Å². The van der Waals surface area contributed by atoms with Crippen LogP contribution < -0.4 is 5.73 Å². The van der Waals surface area contributed by atoms with Crippen LogP contribution in [0.25, 0.3) is 0 Å². The van der Waals surface area contributed by atoms with Crippen molar-refractivity contribution in [3.63, 3.8) is 0 Å². The molecule has 0 aliphatic heterocycles. The lowest BCUT2D eigenvalue weighted by Crippen LogP contribution is -2.27. The largest absolute Gasteiger partial charge is 0.398 e. The number of amides is 1. The maximum absolute atomic E-state index is 12.4. The van der Waals surface area contributed by atoms with Crippen molar-refractivity contribution in [1.29, 1.82) is 5.26 Å². The number of nitrogen functional groups attached to an aromatic ring is 1. The highest BCUT2D eigenvalue weighted by Crippen LogP contribution is 2.20. The molecule has 2 aromatic rings. The van der Waals surface area contributed by atoms with Gasteiger partial charge in [0.2, 0.25) is 0 Å². The molecule has 0 aliphatic rings. The van der Waals surface area contributed by atoms with E-state index in [0.29, 0.717) is 28.4 Å². The number of carbonyl (C=O) groups is 1. The van der Waals surface area contributed by atoms with E-state index in [9.17, 15) is 4.79 Å². The normalized spacial score (nSPS) is 9.95. The van der Waals surface area contributed by atoms with Crippen LogP contribution in [-0.2, 0) is 6.54 Å². The van der Waals surface area contributed by atoms with Crippen LogP contribution in [0.1, 0.15) is 21.5 Å². The first kappa shape index (κ1) is 14.9. The molecule has 0 saturated carbocycles. The molecule has 0 atom stereocenters. The van der Waals surface area contributed by atoms with Gasteiger partial charge in [0.25, 0.3) is 5.91 Å². The summed E-state index contributed by atoms with van der Waals surface area (Å²) >= 11 is 5.90. The molecule has 4 nitrogen and oxygen atoms in total. The third-order valence-electron chi connectivity index (χ3n) is 3.10. The minimum absolute atomic E-state index is 0.195. The summed E-state index contributed by atoms with van der Waals surface area (Å²) in [5.41, 5.74) is 8.13. The van der Waals surface area contributed by atoms with Gasteiger partial charge in [0.1, 0.15) is 0 Å². The molecule has 0 aliphatic carbocycles. The van der Waals surface area contributed by atoms with Gasteiger partial charge in [-0.3, -0.25) is 4.79 Å². The molecule has 0 unspecified atom stereocenters. The Morgan fingerprint density at radius 2 is 1.95 bits per heavy atom. The number of halogens is 1. The number of carbonyl (C=O) groups excluding carboxylic acids is 1. The molecule has 2 N–H and O–H groups in total. The van der Waals surface area contributed by atoms with E-state index < -0.39 is 0 Å². The molecule has 0 spiro atoms. The average molecular weight is 300 g/mol. The van der Waals surface area contributed by atoms with Gasteiger partial charge >= 0.3 is 0 Å². The van der Waals surface area contributed by atoms with Crippen molar-refractivity contribution in [2.75, 3.05) is 12.8 Å². The van der Waals surface area contributed by atoms with E-state index in [-0.39, 0.29) is 5.91 Å². The highest BCUT2D eigenvalue weighted by molar-refractivity contribution is 6.31. The van der Waals surface area contributed by atoms with E-state index in [2.05, 4.69) is 6.07 Å². The fraction of sp³-hybridized carbons (Fsp3) is 0.125. The molecule has 106 valence electrons. The predicted molar refractivity (Wildman–Crippen MR) is 82.8 cm³/mol. The van der Waals surface area contributed by atoms with Crippen molar-refractivity contribution < 1.29 is 4.79 Å². The molecule has 2 rings (SSSR count). The van der Waals surface area contributed by atoms with Gasteiger partial charge in [-0.25, -0.2) is 0 Å². The highest BCUT2D eigenvalue weighted by atomic mass is 35.5. The maximum Gasteiger partial charge on any atom is 0.256 e. The number of anilines is 1. The third-order valence-corrected chi connectivity index (χ3v) is 3.33. The second-order valence-electron chi connectivity index (χ2n) is 4.70. The Morgan fingerprint density at radius 3 is 2.57 bits per heavy atom. The van der Waals surface area contributed by atoms with Gasteiger partial charge < -0.3 is 10.6 Å². The van der Waals surface area contributed by atoms with E-state index in [1.807, 2.05) is 12.1 Å². The number of benzene rings is 2. The molecular formula is C16H14ClN3O. The number of nitrogens with zero attached hydrogens (tertiary/aromatic N) is 2. The second-order valence-corrected chi connectivity index (χ2v) is 5.14. The lowest BCUT2D eigenvalue weighted by molar-refractivity contribution is 0.0786. The van der Waals surface area contributed by atoms with Gasteiger partial charge in [0.15, 0.2) is 0 Å². The smallest absolute Gasteiger partial charge is 0.256 e. The predicted octanol–water partition coefficient (Wildman–Crippen LogP) is 3.07. The van der Waals surface area contributed by atoms with E-state index in [0.717, 1.165) is 5.56 Å². The van der Waals surface area contributed by atoms with E-state index in [4.69, 9.17) is 22.6 Å². The molecule has 5 heteroatoms. The molecule has 0 bridgehead atoms. The Kier molecular flexibility index (Phi) is 4.46. The minimum Gasteiger partial charge on any atom is -0.398 e. The zero-order valence-electron chi connectivity index (χ0n) is 11.5. The third kappa shape index (κ3) is 3.53. The minimum atomic E-state index is -0.195. The molecule has 0 fully saturated rings. The van der Waals surface area contributed by atoms with Crippen LogP contribution in [-0.4, -0.2) is 17.9 Å². The lowest BCUT2D eigenvalue weighted by Gasteiger charge is -2.18. The van der Waals surface area contributed by atoms with Crippen LogP contribution in [0, 0.1) is 11.3 Å². The summed E-state index contributed by atoms with van der Waals surface area (Å²) in [5, 5.41) is 9.23. The number of rotatable bonds is 3. The van der Waals surface area contributed by atoms with Crippen LogP contribution in [0.2, 0.25) is 5.02 Å². The van der Waals surface area contributed by atoms with Gasteiger partial charge in [-0.2, -0.15) is 5.26 Å². The number of hydrogen-bond acceptors (Lipinski definition) is 3. The average Bonchev–Trinajstić information content (AvgIpc) is 2.49. The first-order valence-electron chi connectivity index (χ1n) is 6.31. The van der Waals surface area contributed by atoms with Crippen molar-refractivity contribution in [2.45, 2.75) is 6.54 Å². The first-order chi connectivity index (χ1) is 10.0. The van der Waals surface area contributed by atoms with Gasteiger partial charge in [-0.1, -0.05) is 23.7 Å². The molecular weight excluding hydrogens is 286 g/mol. The molecule has 0 aromatic heterocycles. The fourth-order valence-corrected chi connectivity index (χ4v) is 2.12. The van der Waals surface area contributed by atoms with E-state index in [1.54, 1.807) is 42.3 Å². The number of nitrogens with two attached hydrogens (primary N) is 1. The zero-order valence-corrected chi connectivity index (χ0v) is 12.3. The summed E-state index contributed by atoms with van der Waals surface area (Å²) in [6.07, 6.45) is 0. The quantitative estimate of drug-likeness (QED) is 0.885. The first-order valence-corrected chi connectivity index (χ1v) is 6.68. The zero-order chi connectivity index (χ0) is 15.4. The number of hydrogen-bond donors (Lipinski definition) is 1. The summed E-state index contributed by atoms with van der Waals surface area (Å²) in [6, 6.07) is 14.0.